The smallest absolute Gasteiger partial charge is 0.237 e. The Morgan fingerprint density at radius 2 is 1.62 bits per heavy atom. The highest BCUT2D eigenvalue weighted by molar-refractivity contribution is 5.94. The van der Waals surface area contributed by atoms with E-state index in [1.54, 1.807) is 14.0 Å². The summed E-state index contributed by atoms with van der Waals surface area (Å²) in [6, 6.07) is 15.3. The number of carbonyl (C=O) groups excluding carboxylic acids is 2. The van der Waals surface area contributed by atoms with E-state index in [-0.39, 0.29) is 17.7 Å². The molecule has 6 nitrogen and oxygen atoms in total. The molecule has 0 saturated carbocycles. The SMILES string of the molecule is COc1ccc(CNC(=O)[C@H](C)N2CCN(c3ccc(C(C)=O)cc3)CC2)cc1. The highest BCUT2D eigenvalue weighted by Crippen LogP contribution is 2.18. The highest BCUT2D eigenvalue weighted by atomic mass is 16.5. The summed E-state index contributed by atoms with van der Waals surface area (Å²) < 4.78 is 5.16. The van der Waals surface area contributed by atoms with Crippen molar-refractivity contribution in [3.05, 3.63) is 59.7 Å². The maximum absolute atomic E-state index is 12.6. The second-order valence-electron chi connectivity index (χ2n) is 7.37. The van der Waals surface area contributed by atoms with Crippen LogP contribution in [0, 0.1) is 0 Å². The Bertz CT molecular complexity index is 825. The first-order valence-corrected chi connectivity index (χ1v) is 9.98. The van der Waals surface area contributed by atoms with Gasteiger partial charge in [-0.05, 0) is 55.8 Å². The number of hydrogen-bond acceptors (Lipinski definition) is 5. The predicted octanol–water partition coefficient (Wildman–Crippen LogP) is 2.72. The number of piperazine rings is 1. The van der Waals surface area contributed by atoms with Gasteiger partial charge in [-0.15, -0.1) is 0 Å². The summed E-state index contributed by atoms with van der Waals surface area (Å²) in [5.41, 5.74) is 2.89. The molecule has 0 aliphatic carbocycles. The molecular formula is C23H29N3O3. The first-order valence-electron chi connectivity index (χ1n) is 9.98. The van der Waals surface area contributed by atoms with Crippen LogP contribution < -0.4 is 15.0 Å². The zero-order valence-electron chi connectivity index (χ0n) is 17.4. The highest BCUT2D eigenvalue weighted by Gasteiger charge is 2.25. The minimum absolute atomic E-state index is 0.0417. The Hall–Kier alpha value is -2.86. The van der Waals surface area contributed by atoms with Crippen LogP contribution in [0.25, 0.3) is 0 Å². The maximum atomic E-state index is 12.6. The van der Waals surface area contributed by atoms with Gasteiger partial charge in [-0.1, -0.05) is 12.1 Å². The van der Waals surface area contributed by atoms with Crippen LogP contribution in [0.1, 0.15) is 29.8 Å². The largest absolute Gasteiger partial charge is 0.497 e. The molecule has 0 spiro atoms. The van der Waals surface area contributed by atoms with E-state index in [9.17, 15) is 9.59 Å². The topological polar surface area (TPSA) is 61.9 Å². The van der Waals surface area contributed by atoms with Crippen LogP contribution in [0.2, 0.25) is 0 Å². The third kappa shape index (κ3) is 5.35. The van der Waals surface area contributed by atoms with Crippen LogP contribution in [-0.2, 0) is 11.3 Å². The molecular weight excluding hydrogens is 366 g/mol. The lowest BCUT2D eigenvalue weighted by molar-refractivity contribution is -0.126. The summed E-state index contributed by atoms with van der Waals surface area (Å²) in [4.78, 5) is 28.5. The third-order valence-electron chi connectivity index (χ3n) is 5.51. The molecule has 154 valence electrons. The zero-order valence-corrected chi connectivity index (χ0v) is 17.4. The summed E-state index contributed by atoms with van der Waals surface area (Å²) in [7, 11) is 1.64. The number of rotatable bonds is 7. The fourth-order valence-corrected chi connectivity index (χ4v) is 3.52. The lowest BCUT2D eigenvalue weighted by Gasteiger charge is -2.38. The summed E-state index contributed by atoms with van der Waals surface area (Å²) >= 11 is 0. The quantitative estimate of drug-likeness (QED) is 0.731. The maximum Gasteiger partial charge on any atom is 0.237 e. The van der Waals surface area contributed by atoms with Crippen LogP contribution in [-0.4, -0.2) is 55.9 Å². The zero-order chi connectivity index (χ0) is 20.8. The number of anilines is 1. The van der Waals surface area contributed by atoms with Crippen LogP contribution in [0.15, 0.2) is 48.5 Å². The molecule has 0 radical (unpaired) electrons. The fourth-order valence-electron chi connectivity index (χ4n) is 3.52. The van der Waals surface area contributed by atoms with Gasteiger partial charge in [0.05, 0.1) is 13.2 Å². The first kappa shape index (κ1) is 20.9. The predicted molar refractivity (Wildman–Crippen MR) is 115 cm³/mol. The fraction of sp³-hybridized carbons (Fsp3) is 0.391. The van der Waals surface area contributed by atoms with E-state index in [2.05, 4.69) is 15.1 Å². The van der Waals surface area contributed by atoms with Gasteiger partial charge in [-0.25, -0.2) is 0 Å². The Kier molecular flexibility index (Phi) is 6.88. The van der Waals surface area contributed by atoms with Crippen LogP contribution in [0.4, 0.5) is 5.69 Å². The molecule has 0 unspecified atom stereocenters. The standard InChI is InChI=1S/C23H29N3O3/c1-17(23(28)24-16-19-4-10-22(29-3)11-5-19)25-12-14-26(15-13-25)21-8-6-20(7-9-21)18(2)27/h4-11,17H,12-16H2,1-3H3,(H,24,28)/t17-/m0/s1. The van der Waals surface area contributed by atoms with Crippen molar-refractivity contribution in [1.82, 2.24) is 10.2 Å². The van der Waals surface area contributed by atoms with Gasteiger partial charge in [0.25, 0.3) is 0 Å². The van der Waals surface area contributed by atoms with Crippen molar-refractivity contribution in [2.75, 3.05) is 38.2 Å². The number of ketones is 1. The number of nitrogens with zero attached hydrogens (tertiary/aromatic N) is 2. The van der Waals surface area contributed by atoms with E-state index >= 15 is 0 Å². The lowest BCUT2D eigenvalue weighted by Crippen LogP contribution is -2.53. The van der Waals surface area contributed by atoms with Crippen molar-refractivity contribution in [1.29, 1.82) is 0 Å². The van der Waals surface area contributed by atoms with E-state index in [0.717, 1.165) is 48.7 Å². The van der Waals surface area contributed by atoms with E-state index < -0.39 is 0 Å². The Balaban J connectivity index is 1.47. The number of benzene rings is 2. The van der Waals surface area contributed by atoms with E-state index in [1.165, 1.54) is 0 Å². The summed E-state index contributed by atoms with van der Waals surface area (Å²) in [6.07, 6.45) is 0. The summed E-state index contributed by atoms with van der Waals surface area (Å²) in [6.45, 7) is 7.41. The van der Waals surface area contributed by atoms with Gasteiger partial charge in [0.15, 0.2) is 5.78 Å². The molecule has 1 aliphatic heterocycles. The number of methoxy groups -OCH3 is 1. The first-order chi connectivity index (χ1) is 14.0. The molecule has 29 heavy (non-hydrogen) atoms. The molecule has 1 saturated heterocycles. The molecule has 6 heteroatoms. The molecule has 1 N–H and O–H groups in total. The van der Waals surface area contributed by atoms with E-state index in [4.69, 9.17) is 4.74 Å². The monoisotopic (exact) mass is 395 g/mol. The number of carbonyl (C=O) groups is 2. The number of nitrogens with one attached hydrogen (secondary N) is 1. The van der Waals surface area contributed by atoms with Gasteiger partial charge < -0.3 is 15.0 Å². The molecule has 1 amide bonds. The molecule has 1 fully saturated rings. The molecule has 0 bridgehead atoms. The minimum Gasteiger partial charge on any atom is -0.497 e. The number of Topliss-reactive ketones (excluding diaryl/α,β-unsaturated/α-hetero) is 1. The normalized spacial score (nSPS) is 15.6. The van der Waals surface area contributed by atoms with Crippen LogP contribution in [0.3, 0.4) is 0 Å². The molecule has 2 aromatic rings. The van der Waals surface area contributed by atoms with Gasteiger partial charge in [0.2, 0.25) is 5.91 Å². The number of amides is 1. The van der Waals surface area contributed by atoms with Crippen molar-refractivity contribution < 1.29 is 14.3 Å². The molecule has 2 aromatic carbocycles. The average molecular weight is 396 g/mol. The van der Waals surface area contributed by atoms with Crippen molar-refractivity contribution in [2.45, 2.75) is 26.4 Å². The van der Waals surface area contributed by atoms with E-state index in [1.807, 2.05) is 55.5 Å². The molecule has 1 heterocycles. The van der Waals surface area contributed by atoms with Gasteiger partial charge in [0.1, 0.15) is 5.75 Å². The van der Waals surface area contributed by atoms with E-state index in [0.29, 0.717) is 6.54 Å². The second-order valence-corrected chi connectivity index (χ2v) is 7.37. The van der Waals surface area contributed by atoms with Gasteiger partial charge >= 0.3 is 0 Å². The summed E-state index contributed by atoms with van der Waals surface area (Å²) in [5.74, 6) is 0.929. The average Bonchev–Trinajstić information content (AvgIpc) is 2.77. The van der Waals surface area contributed by atoms with Crippen LogP contribution >= 0.6 is 0 Å². The number of hydrogen-bond donors (Lipinski definition) is 1. The van der Waals surface area contributed by atoms with Crippen molar-refractivity contribution in [3.8, 4) is 5.75 Å². The van der Waals surface area contributed by atoms with Crippen molar-refractivity contribution >= 4 is 17.4 Å². The van der Waals surface area contributed by atoms with Gasteiger partial charge in [-0.3, -0.25) is 14.5 Å². The van der Waals surface area contributed by atoms with Crippen molar-refractivity contribution in [2.24, 2.45) is 0 Å². The molecule has 1 atom stereocenters. The Labute approximate surface area is 172 Å². The van der Waals surface area contributed by atoms with Gasteiger partial charge in [-0.2, -0.15) is 0 Å². The molecule has 0 aromatic heterocycles. The molecule has 1 aliphatic rings. The summed E-state index contributed by atoms with van der Waals surface area (Å²) in [5, 5.41) is 3.03. The lowest BCUT2D eigenvalue weighted by atomic mass is 10.1. The Morgan fingerprint density at radius 1 is 1.00 bits per heavy atom. The Morgan fingerprint density at radius 3 is 2.17 bits per heavy atom. The van der Waals surface area contributed by atoms with Crippen molar-refractivity contribution in [3.63, 3.8) is 0 Å². The number of ether oxygens (including phenoxy) is 1. The van der Waals surface area contributed by atoms with Crippen LogP contribution in [0.5, 0.6) is 5.75 Å². The minimum atomic E-state index is -0.171. The molecule has 3 rings (SSSR count). The third-order valence-corrected chi connectivity index (χ3v) is 5.51. The van der Waals surface area contributed by atoms with Gasteiger partial charge in [0, 0.05) is 44.0 Å². The second kappa shape index (κ2) is 9.56.